The number of ether oxygens (including phenoxy) is 3. The van der Waals surface area contributed by atoms with E-state index >= 15 is 0 Å². The van der Waals surface area contributed by atoms with Crippen molar-refractivity contribution in [3.8, 4) is 28.7 Å². The highest BCUT2D eigenvalue weighted by atomic mass is 16.5. The van der Waals surface area contributed by atoms with Gasteiger partial charge in [-0.3, -0.25) is 4.79 Å². The van der Waals surface area contributed by atoms with E-state index in [1.807, 2.05) is 0 Å². The van der Waals surface area contributed by atoms with Crippen LogP contribution in [0.1, 0.15) is 22.0 Å². The molecule has 0 radical (unpaired) electrons. The second-order valence-corrected chi connectivity index (χ2v) is 5.30. The minimum atomic E-state index is -1.51. The number of phenols is 2. The first-order chi connectivity index (χ1) is 11.5. The van der Waals surface area contributed by atoms with Crippen molar-refractivity contribution in [2.24, 2.45) is 0 Å². The maximum atomic E-state index is 12.4. The van der Waals surface area contributed by atoms with E-state index in [-0.39, 0.29) is 28.6 Å². The van der Waals surface area contributed by atoms with E-state index in [1.165, 1.54) is 44.6 Å². The highest BCUT2D eigenvalue weighted by Crippen LogP contribution is 2.43. The van der Waals surface area contributed by atoms with Crippen LogP contribution in [0.3, 0.4) is 0 Å². The second kappa shape index (κ2) is 5.93. The summed E-state index contributed by atoms with van der Waals surface area (Å²) < 4.78 is 15.8. The lowest BCUT2D eigenvalue weighted by atomic mass is 9.92. The summed E-state index contributed by atoms with van der Waals surface area (Å²) in [6.45, 7) is 0. The summed E-state index contributed by atoms with van der Waals surface area (Å²) in [5.41, 5.74) is 0.351. The third-order valence-corrected chi connectivity index (χ3v) is 3.88. The molecule has 3 N–H and O–H groups in total. The molecule has 0 spiro atoms. The van der Waals surface area contributed by atoms with Gasteiger partial charge in [-0.25, -0.2) is 0 Å². The molecular formula is C17H16O7. The number of carbonyl (C=O) groups is 1. The molecular weight excluding hydrogens is 316 g/mol. The van der Waals surface area contributed by atoms with E-state index < -0.39 is 18.0 Å². The molecule has 3 rings (SSSR count). The molecule has 1 aliphatic rings. The Kier molecular flexibility index (Phi) is 3.94. The van der Waals surface area contributed by atoms with Gasteiger partial charge in [0.15, 0.2) is 23.7 Å². The molecule has 2 aromatic carbocycles. The summed E-state index contributed by atoms with van der Waals surface area (Å²) in [6, 6.07) is 7.11. The van der Waals surface area contributed by atoms with Crippen LogP contribution in [0.5, 0.6) is 28.7 Å². The quantitative estimate of drug-likeness (QED) is 0.787. The Hall–Kier alpha value is -2.93. The normalized spacial score (nSPS) is 19.4. The molecule has 0 aromatic heterocycles. The molecule has 0 unspecified atom stereocenters. The number of rotatable bonds is 3. The molecule has 2 atom stereocenters. The monoisotopic (exact) mass is 332 g/mol. The number of aliphatic hydroxyl groups is 1. The first kappa shape index (κ1) is 15.9. The molecule has 0 saturated carbocycles. The van der Waals surface area contributed by atoms with Gasteiger partial charge in [-0.05, 0) is 17.7 Å². The summed E-state index contributed by atoms with van der Waals surface area (Å²) >= 11 is 0. The van der Waals surface area contributed by atoms with Crippen LogP contribution in [0.25, 0.3) is 0 Å². The zero-order chi connectivity index (χ0) is 17.4. The first-order valence-corrected chi connectivity index (χ1v) is 7.13. The molecule has 7 heteroatoms. The number of aromatic hydroxyl groups is 2. The minimum absolute atomic E-state index is 0.0717. The fraction of sp³-hybridized carbons (Fsp3) is 0.235. The Morgan fingerprint density at radius 3 is 2.46 bits per heavy atom. The number of carbonyl (C=O) groups excluding carboxylic acids is 1. The van der Waals surface area contributed by atoms with Crippen molar-refractivity contribution in [1.29, 1.82) is 0 Å². The van der Waals surface area contributed by atoms with Crippen molar-refractivity contribution < 1.29 is 34.3 Å². The van der Waals surface area contributed by atoms with Crippen molar-refractivity contribution in [1.82, 2.24) is 0 Å². The maximum Gasteiger partial charge on any atom is 0.202 e. The van der Waals surface area contributed by atoms with Crippen molar-refractivity contribution >= 4 is 5.78 Å². The van der Waals surface area contributed by atoms with Gasteiger partial charge in [0.25, 0.3) is 0 Å². The van der Waals surface area contributed by atoms with Gasteiger partial charge in [0.05, 0.1) is 14.2 Å². The topological polar surface area (TPSA) is 105 Å². The number of benzene rings is 2. The van der Waals surface area contributed by atoms with E-state index in [0.29, 0.717) is 11.3 Å². The van der Waals surface area contributed by atoms with Crippen LogP contribution in [-0.4, -0.2) is 41.4 Å². The molecule has 2 aromatic rings. The number of hydrogen-bond donors (Lipinski definition) is 3. The fourth-order valence-corrected chi connectivity index (χ4v) is 2.64. The number of phenolic OH excluding ortho intramolecular Hbond substituents is 2. The summed E-state index contributed by atoms with van der Waals surface area (Å²) in [5.74, 6) is -0.437. The predicted octanol–water partition coefficient (Wildman–Crippen LogP) is 1.79. The number of methoxy groups -OCH3 is 2. The van der Waals surface area contributed by atoms with E-state index in [9.17, 15) is 20.1 Å². The lowest BCUT2D eigenvalue weighted by Crippen LogP contribution is -2.36. The fourth-order valence-electron chi connectivity index (χ4n) is 2.64. The van der Waals surface area contributed by atoms with Crippen molar-refractivity contribution in [3.63, 3.8) is 0 Å². The minimum Gasteiger partial charge on any atom is -0.507 e. The standard InChI is InChI=1S/C17H16O7/c1-22-9-6-11(19)14-13(7-9)24-17(16(21)15(14)20)8-3-4-10(18)12(5-8)23-2/h3-7,16-19,21H,1-2H3/t16-,17-/m0/s1. The maximum absolute atomic E-state index is 12.4. The largest absolute Gasteiger partial charge is 0.507 e. The van der Waals surface area contributed by atoms with Gasteiger partial charge in [0, 0.05) is 12.1 Å². The summed E-state index contributed by atoms with van der Waals surface area (Å²) in [7, 11) is 2.81. The zero-order valence-corrected chi connectivity index (χ0v) is 13.0. The van der Waals surface area contributed by atoms with Crippen LogP contribution in [0.4, 0.5) is 0 Å². The molecule has 24 heavy (non-hydrogen) atoms. The van der Waals surface area contributed by atoms with Crippen LogP contribution < -0.4 is 14.2 Å². The lowest BCUT2D eigenvalue weighted by molar-refractivity contribution is 0.0210. The Morgan fingerprint density at radius 2 is 1.79 bits per heavy atom. The van der Waals surface area contributed by atoms with Gasteiger partial charge < -0.3 is 29.5 Å². The second-order valence-electron chi connectivity index (χ2n) is 5.30. The number of aliphatic hydroxyl groups excluding tert-OH is 1. The van der Waals surface area contributed by atoms with Crippen molar-refractivity contribution in [2.75, 3.05) is 14.2 Å². The Balaban J connectivity index is 2.07. The smallest absolute Gasteiger partial charge is 0.202 e. The van der Waals surface area contributed by atoms with Crippen LogP contribution in [0, 0.1) is 0 Å². The van der Waals surface area contributed by atoms with Gasteiger partial charge in [-0.2, -0.15) is 0 Å². The molecule has 0 fully saturated rings. The molecule has 1 heterocycles. The number of Topliss-reactive ketones (excluding diaryl/α,β-unsaturated/α-hetero) is 1. The molecule has 1 aliphatic heterocycles. The highest BCUT2D eigenvalue weighted by Gasteiger charge is 2.39. The average molecular weight is 332 g/mol. The van der Waals surface area contributed by atoms with Crippen molar-refractivity contribution in [3.05, 3.63) is 41.5 Å². The summed E-state index contributed by atoms with van der Waals surface area (Å²) in [5, 5.41) is 30.0. The van der Waals surface area contributed by atoms with Crippen LogP contribution in [-0.2, 0) is 0 Å². The van der Waals surface area contributed by atoms with Crippen molar-refractivity contribution in [2.45, 2.75) is 12.2 Å². The van der Waals surface area contributed by atoms with E-state index in [1.54, 1.807) is 0 Å². The SMILES string of the molecule is COc1cc(O)c2c(c1)O[C@@H](c1ccc(O)c(OC)c1)[C@@H](O)C2=O. The predicted molar refractivity (Wildman–Crippen MR) is 83.0 cm³/mol. The third kappa shape index (κ3) is 2.48. The van der Waals surface area contributed by atoms with Gasteiger partial charge >= 0.3 is 0 Å². The van der Waals surface area contributed by atoms with Gasteiger partial charge in [-0.15, -0.1) is 0 Å². The van der Waals surface area contributed by atoms with Crippen LogP contribution in [0.15, 0.2) is 30.3 Å². The number of ketones is 1. The molecule has 0 saturated heterocycles. The third-order valence-electron chi connectivity index (χ3n) is 3.88. The van der Waals surface area contributed by atoms with E-state index in [2.05, 4.69) is 0 Å². The van der Waals surface area contributed by atoms with Gasteiger partial charge in [-0.1, -0.05) is 6.07 Å². The molecule has 0 bridgehead atoms. The first-order valence-electron chi connectivity index (χ1n) is 7.13. The van der Waals surface area contributed by atoms with Gasteiger partial charge in [0.1, 0.15) is 22.8 Å². The molecule has 0 amide bonds. The zero-order valence-electron chi connectivity index (χ0n) is 13.0. The van der Waals surface area contributed by atoms with Gasteiger partial charge in [0.2, 0.25) is 5.78 Å². The Morgan fingerprint density at radius 1 is 1.04 bits per heavy atom. The Labute approximate surface area is 137 Å². The van der Waals surface area contributed by atoms with Crippen LogP contribution in [0.2, 0.25) is 0 Å². The number of hydrogen-bond acceptors (Lipinski definition) is 7. The summed E-state index contributed by atoms with van der Waals surface area (Å²) in [6.07, 6.45) is -2.52. The molecule has 126 valence electrons. The Bertz CT molecular complexity index is 800. The van der Waals surface area contributed by atoms with E-state index in [4.69, 9.17) is 14.2 Å². The van der Waals surface area contributed by atoms with Crippen LogP contribution >= 0.6 is 0 Å². The lowest BCUT2D eigenvalue weighted by Gasteiger charge is -2.30. The molecule has 7 nitrogen and oxygen atoms in total. The average Bonchev–Trinajstić information content (AvgIpc) is 2.58. The van der Waals surface area contributed by atoms with E-state index in [0.717, 1.165) is 0 Å². The highest BCUT2D eigenvalue weighted by molar-refractivity contribution is 6.05. The number of fused-ring (bicyclic) bond motifs is 1. The molecule has 0 aliphatic carbocycles. The summed E-state index contributed by atoms with van der Waals surface area (Å²) in [4.78, 5) is 12.4.